The molecule has 1 fully saturated rings. The van der Waals surface area contributed by atoms with Gasteiger partial charge in [-0.15, -0.1) is 0 Å². The number of nitrogens with zero attached hydrogens (tertiary/aromatic N) is 1. The van der Waals surface area contributed by atoms with Crippen LogP contribution in [0.25, 0.3) is 0 Å². The van der Waals surface area contributed by atoms with Gasteiger partial charge in [-0.2, -0.15) is 0 Å². The zero-order valence-electron chi connectivity index (χ0n) is 8.94. The molecule has 1 unspecified atom stereocenters. The second-order valence-electron chi connectivity index (χ2n) is 4.36. The monoisotopic (exact) mass is 218 g/mol. The van der Waals surface area contributed by atoms with Crippen molar-refractivity contribution in [3.05, 3.63) is 23.8 Å². The maximum absolute atomic E-state index is 11.3. The Morgan fingerprint density at radius 3 is 2.81 bits per heavy atom. The highest BCUT2D eigenvalue weighted by atomic mass is 16.3. The first-order valence-corrected chi connectivity index (χ1v) is 5.63. The normalized spacial score (nSPS) is 23.4. The summed E-state index contributed by atoms with van der Waals surface area (Å²) < 4.78 is 0. The Morgan fingerprint density at radius 2 is 2.06 bits per heavy atom. The van der Waals surface area contributed by atoms with Crippen molar-refractivity contribution in [2.75, 3.05) is 23.3 Å². The fraction of sp³-hybridized carbons (Fsp3) is 0.417. The van der Waals surface area contributed by atoms with Gasteiger partial charge in [-0.1, -0.05) is 6.07 Å². The zero-order chi connectivity index (χ0) is 11.1. The number of aliphatic hydroxyl groups is 1. The molecule has 2 aliphatic heterocycles. The number of rotatable bonds is 1. The number of anilines is 2. The van der Waals surface area contributed by atoms with Gasteiger partial charge in [-0.05, 0) is 25.0 Å². The highest BCUT2D eigenvalue weighted by molar-refractivity contribution is 6.02. The molecule has 3 rings (SSSR count). The number of carbonyl (C=O) groups excluding carboxylic acids is 1. The summed E-state index contributed by atoms with van der Waals surface area (Å²) in [6.45, 7) is 2.16. The van der Waals surface area contributed by atoms with Crippen molar-refractivity contribution in [3.63, 3.8) is 0 Å². The average Bonchev–Trinajstić information content (AvgIpc) is 2.88. The van der Waals surface area contributed by atoms with Crippen LogP contribution in [0.1, 0.15) is 24.5 Å². The molecular weight excluding hydrogens is 204 g/mol. The number of aliphatic hydroxyl groups excluding tert-OH is 1. The van der Waals surface area contributed by atoms with Crippen LogP contribution >= 0.6 is 0 Å². The summed E-state index contributed by atoms with van der Waals surface area (Å²) in [6, 6.07) is 5.77. The Hall–Kier alpha value is -1.55. The predicted octanol–water partition coefficient (Wildman–Crippen LogP) is 1.27. The molecule has 0 spiro atoms. The third kappa shape index (κ3) is 1.38. The summed E-state index contributed by atoms with van der Waals surface area (Å²) in [5.41, 5.74) is 2.57. The van der Waals surface area contributed by atoms with Gasteiger partial charge in [0.2, 0.25) is 0 Å². The third-order valence-electron chi connectivity index (χ3n) is 3.31. The largest absolute Gasteiger partial charge is 0.378 e. The summed E-state index contributed by atoms with van der Waals surface area (Å²) in [7, 11) is 0. The van der Waals surface area contributed by atoms with Crippen LogP contribution in [0.5, 0.6) is 0 Å². The Labute approximate surface area is 93.9 Å². The molecule has 0 saturated carbocycles. The van der Waals surface area contributed by atoms with Gasteiger partial charge in [0.15, 0.2) is 6.10 Å². The van der Waals surface area contributed by atoms with Crippen molar-refractivity contribution in [1.29, 1.82) is 0 Å². The molecule has 84 valence electrons. The summed E-state index contributed by atoms with van der Waals surface area (Å²) >= 11 is 0. The van der Waals surface area contributed by atoms with Gasteiger partial charge in [0.25, 0.3) is 5.91 Å². The molecule has 2 N–H and O–H groups in total. The van der Waals surface area contributed by atoms with E-state index >= 15 is 0 Å². The summed E-state index contributed by atoms with van der Waals surface area (Å²) in [5, 5.41) is 12.3. The van der Waals surface area contributed by atoms with Crippen LogP contribution in [0, 0.1) is 0 Å². The number of nitrogens with one attached hydrogen (secondary N) is 1. The van der Waals surface area contributed by atoms with E-state index in [4.69, 9.17) is 0 Å². The lowest BCUT2D eigenvalue weighted by Crippen LogP contribution is -2.17. The van der Waals surface area contributed by atoms with Crippen LogP contribution < -0.4 is 10.2 Å². The standard InChI is InChI=1S/C12H14N2O2/c15-11-9-4-3-8(14-5-1-2-6-14)7-10(9)13-12(11)16/h3-4,7,11,15H,1-2,5-6H2,(H,13,16). The molecule has 1 aromatic rings. The molecular formula is C12H14N2O2. The van der Waals surface area contributed by atoms with E-state index in [1.807, 2.05) is 18.2 Å². The number of hydrogen-bond donors (Lipinski definition) is 2. The van der Waals surface area contributed by atoms with Crippen LogP contribution in [0.15, 0.2) is 18.2 Å². The number of fused-ring (bicyclic) bond motifs is 1. The van der Waals surface area contributed by atoms with Crippen molar-refractivity contribution in [2.45, 2.75) is 18.9 Å². The lowest BCUT2D eigenvalue weighted by Gasteiger charge is -2.18. The quantitative estimate of drug-likeness (QED) is 0.746. The van der Waals surface area contributed by atoms with Crippen LogP contribution in [0.3, 0.4) is 0 Å². The minimum absolute atomic E-state index is 0.325. The molecule has 1 atom stereocenters. The van der Waals surface area contributed by atoms with E-state index in [1.54, 1.807) is 0 Å². The second-order valence-corrected chi connectivity index (χ2v) is 4.36. The van der Waals surface area contributed by atoms with Crippen LogP contribution in [-0.2, 0) is 4.79 Å². The van der Waals surface area contributed by atoms with Crippen LogP contribution in [-0.4, -0.2) is 24.1 Å². The van der Waals surface area contributed by atoms with Crippen molar-refractivity contribution >= 4 is 17.3 Å². The van der Waals surface area contributed by atoms with Gasteiger partial charge in [-0.25, -0.2) is 0 Å². The Bertz CT molecular complexity index is 439. The molecule has 0 bridgehead atoms. The van der Waals surface area contributed by atoms with E-state index in [9.17, 15) is 9.90 Å². The molecule has 2 aliphatic rings. The topological polar surface area (TPSA) is 52.6 Å². The highest BCUT2D eigenvalue weighted by Gasteiger charge is 2.28. The molecule has 4 nitrogen and oxygen atoms in total. The van der Waals surface area contributed by atoms with E-state index in [2.05, 4.69) is 10.2 Å². The average molecular weight is 218 g/mol. The van der Waals surface area contributed by atoms with Crippen molar-refractivity contribution in [2.24, 2.45) is 0 Å². The Morgan fingerprint density at radius 1 is 1.31 bits per heavy atom. The van der Waals surface area contributed by atoms with Crippen molar-refractivity contribution in [3.8, 4) is 0 Å². The minimum Gasteiger partial charge on any atom is -0.378 e. The first-order chi connectivity index (χ1) is 7.75. The molecule has 16 heavy (non-hydrogen) atoms. The van der Waals surface area contributed by atoms with Gasteiger partial charge in [-0.3, -0.25) is 4.79 Å². The summed E-state index contributed by atoms with van der Waals surface area (Å²) in [4.78, 5) is 13.6. The predicted molar refractivity (Wildman–Crippen MR) is 61.5 cm³/mol. The summed E-state index contributed by atoms with van der Waals surface area (Å²) in [5.74, 6) is -0.325. The van der Waals surface area contributed by atoms with Gasteiger partial charge < -0.3 is 15.3 Å². The fourth-order valence-electron chi connectivity index (χ4n) is 2.41. The summed E-state index contributed by atoms with van der Waals surface area (Å²) in [6.07, 6.45) is 1.46. The lowest BCUT2D eigenvalue weighted by molar-refractivity contribution is -0.123. The smallest absolute Gasteiger partial charge is 0.257 e. The zero-order valence-corrected chi connectivity index (χ0v) is 8.94. The maximum Gasteiger partial charge on any atom is 0.257 e. The van der Waals surface area contributed by atoms with E-state index in [-0.39, 0.29) is 5.91 Å². The lowest BCUT2D eigenvalue weighted by atomic mass is 10.1. The minimum atomic E-state index is -0.998. The maximum atomic E-state index is 11.3. The van der Waals surface area contributed by atoms with E-state index in [0.717, 1.165) is 24.5 Å². The van der Waals surface area contributed by atoms with E-state index in [0.29, 0.717) is 5.56 Å². The molecule has 1 amide bonds. The van der Waals surface area contributed by atoms with Gasteiger partial charge >= 0.3 is 0 Å². The van der Waals surface area contributed by atoms with E-state index < -0.39 is 6.10 Å². The van der Waals surface area contributed by atoms with Crippen molar-refractivity contribution in [1.82, 2.24) is 0 Å². The first-order valence-electron chi connectivity index (χ1n) is 5.63. The molecule has 1 saturated heterocycles. The molecule has 1 aromatic carbocycles. The molecule has 0 aromatic heterocycles. The highest BCUT2D eigenvalue weighted by Crippen LogP contribution is 2.34. The van der Waals surface area contributed by atoms with Gasteiger partial charge in [0.1, 0.15) is 0 Å². The van der Waals surface area contributed by atoms with Gasteiger partial charge in [0, 0.05) is 30.0 Å². The van der Waals surface area contributed by atoms with E-state index in [1.165, 1.54) is 12.8 Å². The molecule has 0 aliphatic carbocycles. The molecule has 4 heteroatoms. The van der Waals surface area contributed by atoms with Crippen molar-refractivity contribution < 1.29 is 9.90 Å². The van der Waals surface area contributed by atoms with Gasteiger partial charge in [0.05, 0.1) is 0 Å². The first kappa shape index (κ1) is 9.66. The SMILES string of the molecule is O=C1Nc2cc(N3CCCC3)ccc2C1O. The Kier molecular flexibility index (Phi) is 2.11. The molecule has 0 radical (unpaired) electrons. The van der Waals surface area contributed by atoms with Crippen LogP contribution in [0.4, 0.5) is 11.4 Å². The number of amides is 1. The number of benzene rings is 1. The Balaban J connectivity index is 1.94. The molecule has 2 heterocycles. The van der Waals surface area contributed by atoms with Crippen LogP contribution in [0.2, 0.25) is 0 Å². The third-order valence-corrected chi connectivity index (χ3v) is 3.31. The number of carbonyl (C=O) groups is 1. The second kappa shape index (κ2) is 3.49. The fourth-order valence-corrected chi connectivity index (χ4v) is 2.41. The number of hydrogen-bond acceptors (Lipinski definition) is 3.